The number of benzene rings is 1. The van der Waals surface area contributed by atoms with Crippen LogP contribution >= 0.6 is 11.6 Å². The van der Waals surface area contributed by atoms with Gasteiger partial charge in [-0.2, -0.15) is 4.21 Å². The lowest BCUT2D eigenvalue weighted by molar-refractivity contribution is 0.246. The van der Waals surface area contributed by atoms with Crippen molar-refractivity contribution in [1.82, 2.24) is 0 Å². The van der Waals surface area contributed by atoms with Crippen molar-refractivity contribution in [2.45, 2.75) is 6.10 Å². The van der Waals surface area contributed by atoms with E-state index < -0.39 is 11.4 Å². The minimum absolute atomic E-state index is 0.238. The van der Waals surface area contributed by atoms with Crippen LogP contribution in [0.1, 0.15) is 11.7 Å². The zero-order valence-corrected chi connectivity index (χ0v) is 8.18. The van der Waals surface area contributed by atoms with E-state index in [4.69, 9.17) is 20.0 Å². The molecule has 1 aromatic carbocycles. The molecule has 0 spiro atoms. The lowest BCUT2D eigenvalue weighted by Crippen LogP contribution is -1.98. The molecule has 0 saturated carbocycles. The molecular formula is C8H7ClO3S. The summed E-state index contributed by atoms with van der Waals surface area (Å²) in [5.41, 5.74) is 0.926. The predicted molar refractivity (Wildman–Crippen MR) is 49.4 cm³/mol. The van der Waals surface area contributed by atoms with E-state index in [2.05, 4.69) is 0 Å². The van der Waals surface area contributed by atoms with Crippen LogP contribution in [0.4, 0.5) is 0 Å². The van der Waals surface area contributed by atoms with Gasteiger partial charge >= 0.3 is 11.4 Å². The molecule has 1 aliphatic heterocycles. The summed E-state index contributed by atoms with van der Waals surface area (Å²) in [4.78, 5) is 0. The van der Waals surface area contributed by atoms with Crippen LogP contribution in [0.15, 0.2) is 24.3 Å². The summed E-state index contributed by atoms with van der Waals surface area (Å²) in [5.74, 6) is 0. The largest absolute Gasteiger partial charge is 0.305 e. The third-order valence-electron chi connectivity index (χ3n) is 1.75. The first-order valence-electron chi connectivity index (χ1n) is 3.73. The second-order valence-corrected chi connectivity index (χ2v) is 3.90. The summed E-state index contributed by atoms with van der Waals surface area (Å²) in [6.45, 7) is 0.328. The van der Waals surface area contributed by atoms with Gasteiger partial charge in [-0.3, -0.25) is 8.37 Å². The van der Waals surface area contributed by atoms with Crippen molar-refractivity contribution in [3.8, 4) is 0 Å². The number of hydrogen-bond acceptors (Lipinski definition) is 3. The zero-order valence-electron chi connectivity index (χ0n) is 6.60. The fraction of sp³-hybridized carbons (Fsp3) is 0.250. The second-order valence-electron chi connectivity index (χ2n) is 2.63. The van der Waals surface area contributed by atoms with Crippen molar-refractivity contribution >= 4 is 23.0 Å². The van der Waals surface area contributed by atoms with Gasteiger partial charge in [0.25, 0.3) is 0 Å². The highest BCUT2D eigenvalue weighted by molar-refractivity contribution is 7.75. The van der Waals surface area contributed by atoms with Gasteiger partial charge in [0.05, 0.1) is 6.61 Å². The first kappa shape index (κ1) is 9.15. The zero-order chi connectivity index (χ0) is 9.26. The van der Waals surface area contributed by atoms with E-state index in [1.165, 1.54) is 0 Å². The van der Waals surface area contributed by atoms with Crippen molar-refractivity contribution in [2.24, 2.45) is 0 Å². The average Bonchev–Trinajstić information content (AvgIpc) is 2.53. The lowest BCUT2D eigenvalue weighted by atomic mass is 10.1. The normalized spacial score (nSPS) is 27.8. The molecule has 2 atom stereocenters. The molecule has 1 unspecified atom stereocenters. The molecule has 5 heteroatoms. The molecule has 70 valence electrons. The number of hydrogen-bond donors (Lipinski definition) is 0. The van der Waals surface area contributed by atoms with Gasteiger partial charge in [0.2, 0.25) is 0 Å². The highest BCUT2D eigenvalue weighted by Crippen LogP contribution is 2.26. The van der Waals surface area contributed by atoms with Crippen LogP contribution in [0.5, 0.6) is 0 Å². The smallest absolute Gasteiger partial charge is 0.265 e. The maximum atomic E-state index is 10.7. The molecule has 0 aromatic heterocycles. The Morgan fingerprint density at radius 1 is 1.38 bits per heavy atom. The predicted octanol–water partition coefficient (Wildman–Crippen LogP) is 2.01. The summed E-state index contributed by atoms with van der Waals surface area (Å²) in [6.07, 6.45) is -0.238. The maximum absolute atomic E-state index is 10.7. The summed E-state index contributed by atoms with van der Waals surface area (Å²) >= 11 is 4.12. The van der Waals surface area contributed by atoms with Gasteiger partial charge in [0.15, 0.2) is 0 Å². The van der Waals surface area contributed by atoms with Crippen molar-refractivity contribution < 1.29 is 12.6 Å². The Morgan fingerprint density at radius 2 is 2.08 bits per heavy atom. The molecule has 13 heavy (non-hydrogen) atoms. The highest BCUT2D eigenvalue weighted by Gasteiger charge is 2.24. The van der Waals surface area contributed by atoms with E-state index in [1.54, 1.807) is 12.1 Å². The maximum Gasteiger partial charge on any atom is 0.305 e. The van der Waals surface area contributed by atoms with Crippen molar-refractivity contribution in [3.05, 3.63) is 34.9 Å². The van der Waals surface area contributed by atoms with Crippen LogP contribution in [0, 0.1) is 0 Å². The molecule has 1 aliphatic rings. The van der Waals surface area contributed by atoms with E-state index in [9.17, 15) is 4.21 Å². The van der Waals surface area contributed by atoms with Gasteiger partial charge in [-0.25, -0.2) is 0 Å². The average molecular weight is 219 g/mol. The Balaban J connectivity index is 2.17. The molecule has 0 radical (unpaired) electrons. The second kappa shape index (κ2) is 3.75. The van der Waals surface area contributed by atoms with Gasteiger partial charge in [-0.1, -0.05) is 23.7 Å². The summed E-state index contributed by atoms with van der Waals surface area (Å²) < 4.78 is 20.5. The Hall–Kier alpha value is -0.420. The summed E-state index contributed by atoms with van der Waals surface area (Å²) in [5, 5.41) is 0.670. The number of rotatable bonds is 1. The fourth-order valence-electron chi connectivity index (χ4n) is 1.10. The van der Waals surface area contributed by atoms with Gasteiger partial charge in [0, 0.05) is 5.02 Å². The standard InChI is InChI=1S/C8H7ClO3S/c9-7-3-1-6(2-4-7)8-5-11-13(10)12-8/h1-4,8H,5H2/t8-,13?/m0/s1. The van der Waals surface area contributed by atoms with Crippen molar-refractivity contribution in [2.75, 3.05) is 6.61 Å². The van der Waals surface area contributed by atoms with Crippen molar-refractivity contribution in [1.29, 1.82) is 0 Å². The fourth-order valence-corrected chi connectivity index (χ4v) is 1.87. The first-order valence-corrected chi connectivity index (χ1v) is 5.11. The van der Waals surface area contributed by atoms with Gasteiger partial charge in [0.1, 0.15) is 6.10 Å². The first-order chi connectivity index (χ1) is 6.25. The Kier molecular flexibility index (Phi) is 2.64. The molecule has 0 amide bonds. The molecule has 1 fully saturated rings. The van der Waals surface area contributed by atoms with Crippen LogP contribution in [-0.2, 0) is 19.7 Å². The Morgan fingerprint density at radius 3 is 2.62 bits per heavy atom. The van der Waals surface area contributed by atoms with E-state index in [0.29, 0.717) is 11.6 Å². The topological polar surface area (TPSA) is 35.5 Å². The monoisotopic (exact) mass is 218 g/mol. The van der Waals surface area contributed by atoms with Crippen LogP contribution in [0.25, 0.3) is 0 Å². The van der Waals surface area contributed by atoms with Crippen LogP contribution < -0.4 is 0 Å². The van der Waals surface area contributed by atoms with Crippen LogP contribution in [0.3, 0.4) is 0 Å². The van der Waals surface area contributed by atoms with E-state index in [0.717, 1.165) is 5.56 Å². The Bertz CT molecular complexity index is 325. The minimum Gasteiger partial charge on any atom is -0.265 e. The minimum atomic E-state index is -1.59. The van der Waals surface area contributed by atoms with Gasteiger partial charge < -0.3 is 0 Å². The summed E-state index contributed by atoms with van der Waals surface area (Å²) in [7, 11) is 0. The number of halogens is 1. The quantitative estimate of drug-likeness (QED) is 0.724. The lowest BCUT2D eigenvalue weighted by Gasteiger charge is -2.04. The highest BCUT2D eigenvalue weighted by atomic mass is 35.5. The van der Waals surface area contributed by atoms with Gasteiger partial charge in [-0.15, -0.1) is 0 Å². The van der Waals surface area contributed by atoms with E-state index in [1.807, 2.05) is 12.1 Å². The molecule has 0 N–H and O–H groups in total. The van der Waals surface area contributed by atoms with E-state index >= 15 is 0 Å². The molecule has 0 bridgehead atoms. The van der Waals surface area contributed by atoms with Gasteiger partial charge in [-0.05, 0) is 17.7 Å². The van der Waals surface area contributed by atoms with Crippen molar-refractivity contribution in [3.63, 3.8) is 0 Å². The summed E-state index contributed by atoms with van der Waals surface area (Å²) in [6, 6.07) is 7.20. The van der Waals surface area contributed by atoms with E-state index in [-0.39, 0.29) is 6.10 Å². The molecule has 3 nitrogen and oxygen atoms in total. The molecule has 1 saturated heterocycles. The molecule has 2 rings (SSSR count). The molecule has 1 aromatic rings. The third kappa shape index (κ3) is 2.08. The molecule has 1 heterocycles. The molecular weight excluding hydrogens is 212 g/mol. The third-order valence-corrected chi connectivity index (χ3v) is 2.72. The van der Waals surface area contributed by atoms with Crippen LogP contribution in [0.2, 0.25) is 5.02 Å². The Labute approximate surface area is 83.5 Å². The van der Waals surface area contributed by atoms with Crippen LogP contribution in [-0.4, -0.2) is 10.8 Å². The molecule has 0 aliphatic carbocycles. The SMILES string of the molecule is O=S1OC[C@@H](c2ccc(Cl)cc2)O1.